The molecule has 0 fully saturated rings. The van der Waals surface area contributed by atoms with E-state index in [0.29, 0.717) is 0 Å². The Labute approximate surface area is 93.3 Å². The quantitative estimate of drug-likeness (QED) is 0.333. The van der Waals surface area contributed by atoms with E-state index in [9.17, 15) is 0 Å². The van der Waals surface area contributed by atoms with Crippen molar-refractivity contribution in [3.8, 4) is 0 Å². The largest absolute Gasteiger partial charge is 0.481 e. The van der Waals surface area contributed by atoms with E-state index in [-0.39, 0.29) is 5.96 Å². The number of aliphatic carboxylic acids is 1. The molecule has 0 aliphatic heterocycles. The van der Waals surface area contributed by atoms with Crippen molar-refractivity contribution >= 4 is 18.1 Å². The molecular weight excluding hydrogens is 208 g/mol. The van der Waals surface area contributed by atoms with Crippen molar-refractivity contribution in [1.82, 2.24) is 5.43 Å². The number of carboxylic acids is 1. The fourth-order valence-electron chi connectivity index (χ4n) is 0.715. The number of nitrogens with one attached hydrogen (secondary N) is 2. The highest BCUT2D eigenvalue weighted by Gasteiger charge is 1.83. The van der Waals surface area contributed by atoms with Crippen molar-refractivity contribution < 1.29 is 9.90 Å². The van der Waals surface area contributed by atoms with Gasteiger partial charge in [0.05, 0.1) is 6.21 Å². The second-order valence-electron chi connectivity index (χ2n) is 2.71. The Morgan fingerprint density at radius 2 is 2.00 bits per heavy atom. The number of carboxylic acid groups (broad SMARTS) is 1. The molecule has 16 heavy (non-hydrogen) atoms. The van der Waals surface area contributed by atoms with Gasteiger partial charge in [0.15, 0.2) is 0 Å². The van der Waals surface area contributed by atoms with Crippen LogP contribution in [-0.4, -0.2) is 23.2 Å². The molecule has 0 atom stereocenters. The number of carbonyl (C=O) groups is 1. The van der Waals surface area contributed by atoms with Gasteiger partial charge in [-0.2, -0.15) is 5.10 Å². The summed E-state index contributed by atoms with van der Waals surface area (Å²) in [5, 5.41) is 17.9. The zero-order chi connectivity index (χ0) is 12.4. The van der Waals surface area contributed by atoms with Crippen molar-refractivity contribution in [1.29, 1.82) is 5.41 Å². The molecule has 0 saturated heterocycles. The van der Waals surface area contributed by atoms with Gasteiger partial charge in [0.2, 0.25) is 5.96 Å². The van der Waals surface area contributed by atoms with Gasteiger partial charge in [-0.25, -0.2) is 5.43 Å². The normalized spacial score (nSPS) is 9.06. The molecule has 0 amide bonds. The van der Waals surface area contributed by atoms with Crippen molar-refractivity contribution in [3.63, 3.8) is 0 Å². The average molecular weight is 222 g/mol. The molecule has 6 nitrogen and oxygen atoms in total. The molecule has 6 heteroatoms. The molecule has 0 aliphatic carbocycles. The van der Waals surface area contributed by atoms with E-state index in [1.54, 1.807) is 6.21 Å². The lowest BCUT2D eigenvalue weighted by molar-refractivity contribution is -0.134. The molecular formula is C10H14N4O2. The number of hydrogen-bond acceptors (Lipinski definition) is 3. The van der Waals surface area contributed by atoms with Crippen LogP contribution < -0.4 is 11.2 Å². The van der Waals surface area contributed by atoms with Crippen LogP contribution in [0.3, 0.4) is 0 Å². The van der Waals surface area contributed by atoms with E-state index in [2.05, 4.69) is 10.5 Å². The maximum Gasteiger partial charge on any atom is 0.300 e. The third-order valence-corrected chi connectivity index (χ3v) is 1.20. The lowest BCUT2D eigenvalue weighted by Gasteiger charge is -1.93. The summed E-state index contributed by atoms with van der Waals surface area (Å²) in [5.74, 6) is -0.998. The number of nitrogens with two attached hydrogens (primary N) is 1. The zero-order valence-electron chi connectivity index (χ0n) is 8.84. The highest BCUT2D eigenvalue weighted by molar-refractivity contribution is 5.81. The molecule has 0 radical (unpaired) electrons. The summed E-state index contributed by atoms with van der Waals surface area (Å²) in [5.41, 5.74) is 8.30. The van der Waals surface area contributed by atoms with Crippen molar-refractivity contribution in [2.24, 2.45) is 10.8 Å². The molecule has 0 saturated carbocycles. The smallest absolute Gasteiger partial charge is 0.300 e. The van der Waals surface area contributed by atoms with E-state index >= 15 is 0 Å². The SMILES string of the molecule is CC(=O)O.N=C(N)N/N=C/c1ccccc1. The van der Waals surface area contributed by atoms with Gasteiger partial charge in [0, 0.05) is 6.92 Å². The first-order valence-corrected chi connectivity index (χ1v) is 4.40. The van der Waals surface area contributed by atoms with Crippen LogP contribution >= 0.6 is 0 Å². The Balaban J connectivity index is 0.000000487. The van der Waals surface area contributed by atoms with Gasteiger partial charge < -0.3 is 10.8 Å². The number of nitrogens with zero attached hydrogens (tertiary/aromatic N) is 1. The van der Waals surface area contributed by atoms with Crippen LogP contribution in [0, 0.1) is 5.41 Å². The minimum absolute atomic E-state index is 0.165. The number of guanidine groups is 1. The van der Waals surface area contributed by atoms with Crippen LogP contribution in [0.2, 0.25) is 0 Å². The van der Waals surface area contributed by atoms with E-state index < -0.39 is 5.97 Å². The standard InChI is InChI=1S/C8H10N4.C2H4O2/c9-8(10)12-11-6-7-4-2-1-3-5-7;1-2(3)4/h1-6H,(H4,9,10,12);1H3,(H,3,4)/b11-6+;. The van der Waals surface area contributed by atoms with Crippen molar-refractivity contribution in [2.45, 2.75) is 6.92 Å². The Morgan fingerprint density at radius 3 is 2.44 bits per heavy atom. The molecule has 0 aromatic heterocycles. The van der Waals surface area contributed by atoms with Crippen LogP contribution in [0.25, 0.3) is 0 Å². The lowest BCUT2D eigenvalue weighted by atomic mass is 10.2. The maximum absolute atomic E-state index is 9.00. The summed E-state index contributed by atoms with van der Waals surface area (Å²) in [4.78, 5) is 9.00. The molecule has 1 aromatic carbocycles. The second kappa shape index (κ2) is 7.98. The van der Waals surface area contributed by atoms with Crippen molar-refractivity contribution in [3.05, 3.63) is 35.9 Å². The van der Waals surface area contributed by atoms with Gasteiger partial charge >= 0.3 is 0 Å². The predicted octanol–water partition coefficient (Wildman–Crippen LogP) is 0.594. The first-order chi connectivity index (χ1) is 7.52. The van der Waals surface area contributed by atoms with Gasteiger partial charge in [-0.1, -0.05) is 30.3 Å². The van der Waals surface area contributed by atoms with Gasteiger partial charge in [-0.05, 0) is 5.56 Å². The summed E-state index contributed by atoms with van der Waals surface area (Å²) in [6.07, 6.45) is 1.60. The molecule has 0 spiro atoms. The van der Waals surface area contributed by atoms with Crippen LogP contribution in [0.15, 0.2) is 35.4 Å². The van der Waals surface area contributed by atoms with E-state index in [0.717, 1.165) is 12.5 Å². The van der Waals surface area contributed by atoms with E-state index in [1.807, 2.05) is 30.3 Å². The number of hydrogen-bond donors (Lipinski definition) is 4. The van der Waals surface area contributed by atoms with Crippen LogP contribution in [0.4, 0.5) is 0 Å². The predicted molar refractivity (Wildman–Crippen MR) is 62.4 cm³/mol. The summed E-state index contributed by atoms with van der Waals surface area (Å²) < 4.78 is 0. The molecule has 0 aliphatic rings. The first-order valence-electron chi connectivity index (χ1n) is 4.40. The Morgan fingerprint density at radius 1 is 1.50 bits per heavy atom. The number of hydrazone groups is 1. The molecule has 1 rings (SSSR count). The molecule has 5 N–H and O–H groups in total. The highest BCUT2D eigenvalue weighted by atomic mass is 16.4. The summed E-state index contributed by atoms with van der Waals surface area (Å²) in [7, 11) is 0. The van der Waals surface area contributed by atoms with Gasteiger partial charge in [0.1, 0.15) is 0 Å². The monoisotopic (exact) mass is 222 g/mol. The Kier molecular flexibility index (Phi) is 6.80. The van der Waals surface area contributed by atoms with E-state index in [1.165, 1.54) is 0 Å². The topological polar surface area (TPSA) is 112 Å². The van der Waals surface area contributed by atoms with Crippen LogP contribution in [-0.2, 0) is 4.79 Å². The summed E-state index contributed by atoms with van der Waals surface area (Å²) in [6.45, 7) is 1.08. The Bertz CT molecular complexity index is 358. The molecule has 0 unspecified atom stereocenters. The van der Waals surface area contributed by atoms with E-state index in [4.69, 9.17) is 21.0 Å². The third kappa shape index (κ3) is 9.72. The molecule has 1 aromatic rings. The highest BCUT2D eigenvalue weighted by Crippen LogP contribution is 1.92. The lowest BCUT2D eigenvalue weighted by Crippen LogP contribution is -2.25. The fourth-order valence-corrected chi connectivity index (χ4v) is 0.715. The third-order valence-electron chi connectivity index (χ3n) is 1.20. The molecule has 86 valence electrons. The van der Waals surface area contributed by atoms with Crippen LogP contribution in [0.5, 0.6) is 0 Å². The molecule has 0 heterocycles. The number of rotatable bonds is 2. The number of benzene rings is 1. The molecule has 0 bridgehead atoms. The summed E-state index contributed by atoms with van der Waals surface area (Å²) >= 11 is 0. The van der Waals surface area contributed by atoms with Gasteiger partial charge in [-0.3, -0.25) is 10.2 Å². The Hall–Kier alpha value is -2.37. The zero-order valence-corrected chi connectivity index (χ0v) is 8.84. The van der Waals surface area contributed by atoms with Gasteiger partial charge in [0.25, 0.3) is 5.97 Å². The van der Waals surface area contributed by atoms with Crippen molar-refractivity contribution in [2.75, 3.05) is 0 Å². The maximum atomic E-state index is 9.00. The van der Waals surface area contributed by atoms with Crippen LogP contribution in [0.1, 0.15) is 12.5 Å². The first kappa shape index (κ1) is 13.6. The minimum atomic E-state index is -0.833. The summed E-state index contributed by atoms with van der Waals surface area (Å²) in [6, 6.07) is 9.57. The fraction of sp³-hybridized carbons (Fsp3) is 0.100. The second-order valence-corrected chi connectivity index (χ2v) is 2.71. The van der Waals surface area contributed by atoms with Gasteiger partial charge in [-0.15, -0.1) is 0 Å². The minimum Gasteiger partial charge on any atom is -0.481 e. The average Bonchev–Trinajstić information content (AvgIpc) is 2.18.